The number of terminal acetylenes is 1. The summed E-state index contributed by atoms with van der Waals surface area (Å²) in [6, 6.07) is 10.0. The fourth-order valence-electron chi connectivity index (χ4n) is 4.92. The molecule has 2 saturated heterocycles. The Balaban J connectivity index is 0.000000436. The maximum atomic E-state index is 12.2. The van der Waals surface area contributed by atoms with Gasteiger partial charge in [0.1, 0.15) is 12.4 Å². The monoisotopic (exact) mass is 565 g/mol. The third-order valence-corrected chi connectivity index (χ3v) is 7.44. The molecule has 8 nitrogen and oxygen atoms in total. The highest BCUT2D eigenvalue weighted by Crippen LogP contribution is 2.40. The number of nitrogens with zero attached hydrogens (tertiary/aromatic N) is 1. The Hall–Kier alpha value is -3.60. The first kappa shape index (κ1) is 35.4. The summed E-state index contributed by atoms with van der Waals surface area (Å²) in [5, 5.41) is 13.3. The van der Waals surface area contributed by atoms with Crippen LogP contribution in [0.5, 0.6) is 0 Å². The second kappa shape index (κ2) is 19.5. The summed E-state index contributed by atoms with van der Waals surface area (Å²) in [6.07, 6.45) is 16.6. The maximum absolute atomic E-state index is 12.2. The van der Waals surface area contributed by atoms with Gasteiger partial charge in [-0.3, -0.25) is 4.79 Å². The predicted octanol–water partition coefficient (Wildman–Crippen LogP) is 7.12. The second-order valence-corrected chi connectivity index (χ2v) is 10.7. The van der Waals surface area contributed by atoms with Crippen LogP contribution in [0.1, 0.15) is 103 Å². The van der Waals surface area contributed by atoms with Crippen molar-refractivity contribution in [1.82, 2.24) is 20.6 Å². The van der Waals surface area contributed by atoms with E-state index in [-0.39, 0.29) is 24.5 Å². The van der Waals surface area contributed by atoms with Crippen LogP contribution in [0.15, 0.2) is 36.5 Å². The van der Waals surface area contributed by atoms with Crippen LogP contribution in [-0.2, 0) is 16.1 Å². The molecule has 0 radical (unpaired) electrons. The highest BCUT2D eigenvalue weighted by Gasteiger charge is 2.44. The number of ether oxygens (including phenoxy) is 1. The van der Waals surface area contributed by atoms with Gasteiger partial charge in [-0.05, 0) is 56.9 Å². The number of aromatic nitrogens is 2. The molecular weight excluding hydrogens is 514 g/mol. The molecule has 2 aliphatic heterocycles. The van der Waals surface area contributed by atoms with Gasteiger partial charge in [-0.1, -0.05) is 77.3 Å². The van der Waals surface area contributed by atoms with E-state index in [9.17, 15) is 9.59 Å². The van der Waals surface area contributed by atoms with Crippen LogP contribution in [0.25, 0.3) is 0 Å². The van der Waals surface area contributed by atoms with Gasteiger partial charge >= 0.3 is 6.09 Å². The van der Waals surface area contributed by atoms with Crippen LogP contribution in [-0.4, -0.2) is 33.7 Å². The molecule has 1 aromatic heterocycles. The van der Waals surface area contributed by atoms with E-state index in [1.54, 1.807) is 13.1 Å². The number of hydrogen-bond donors (Lipinski definition) is 4. The van der Waals surface area contributed by atoms with Gasteiger partial charge in [0.05, 0.1) is 17.9 Å². The molecule has 1 saturated carbocycles. The first-order valence-electron chi connectivity index (χ1n) is 14.9. The minimum atomic E-state index is -0.398. The summed E-state index contributed by atoms with van der Waals surface area (Å²) >= 11 is 0. The lowest BCUT2D eigenvalue weighted by Gasteiger charge is -2.46. The summed E-state index contributed by atoms with van der Waals surface area (Å²) in [7, 11) is 0. The molecule has 1 aliphatic carbocycles. The Kier molecular flexibility index (Phi) is 16.8. The normalized spacial score (nSPS) is 19.5. The van der Waals surface area contributed by atoms with Crippen molar-refractivity contribution in [3.8, 4) is 12.8 Å². The molecule has 1 aromatic carbocycles. The zero-order chi connectivity index (χ0) is 30.8. The lowest BCUT2D eigenvalue weighted by atomic mass is 9.67. The summed E-state index contributed by atoms with van der Waals surface area (Å²) in [5.41, 5.74) is 2.53. The Labute approximate surface area is 247 Å². The van der Waals surface area contributed by atoms with Crippen molar-refractivity contribution in [3.05, 3.63) is 53.6 Å². The van der Waals surface area contributed by atoms with Crippen LogP contribution >= 0.6 is 0 Å². The molecule has 8 heteroatoms. The fourth-order valence-corrected chi connectivity index (χ4v) is 4.92. The Morgan fingerprint density at radius 3 is 2.39 bits per heavy atom. The minimum Gasteiger partial charge on any atom is -0.445 e. The first-order chi connectivity index (χ1) is 19.7. The third kappa shape index (κ3) is 12.6. The number of alkyl carbamates (subject to hydrolysis) is 1. The van der Waals surface area contributed by atoms with Crippen LogP contribution in [0, 0.1) is 42.9 Å². The van der Waals surface area contributed by atoms with Crippen LogP contribution < -0.4 is 10.6 Å². The average Bonchev–Trinajstić information content (AvgIpc) is 3.40. The molecule has 3 aliphatic rings. The van der Waals surface area contributed by atoms with Crippen molar-refractivity contribution in [3.63, 3.8) is 0 Å². The van der Waals surface area contributed by atoms with E-state index in [1.165, 1.54) is 6.42 Å². The number of hydrogen-bond acceptors (Lipinski definition) is 5. The molecule has 3 heterocycles. The summed E-state index contributed by atoms with van der Waals surface area (Å²) in [5.74, 6) is 2.40. The number of piperidine rings is 2. The molecule has 5 rings (SSSR count). The van der Waals surface area contributed by atoms with Crippen molar-refractivity contribution in [2.24, 2.45) is 17.8 Å². The zero-order valence-electron chi connectivity index (χ0n) is 25.8. The number of carbonyl (C=O) groups is 2. The molecule has 41 heavy (non-hydrogen) atoms. The number of amides is 2. The van der Waals surface area contributed by atoms with Crippen molar-refractivity contribution < 1.29 is 14.3 Å². The molecule has 3 atom stereocenters. The lowest BCUT2D eigenvalue weighted by Crippen LogP contribution is -2.57. The van der Waals surface area contributed by atoms with E-state index in [4.69, 9.17) is 10.1 Å². The Morgan fingerprint density at radius 2 is 1.85 bits per heavy atom. The lowest BCUT2D eigenvalue weighted by molar-refractivity contribution is -0.135. The quantitative estimate of drug-likeness (QED) is 0.171. The number of nitrogens with one attached hydrogen (secondary N) is 4. The SMILES string of the molecule is C#C.CC.CC(=N)CC1C(=O)NC2CC1C2.CCC(C)CCCC(NC(=O)OCc1ccccc1)c1cnc(C)[nH]1. The van der Waals surface area contributed by atoms with E-state index >= 15 is 0 Å². The van der Waals surface area contributed by atoms with Crippen molar-refractivity contribution in [2.75, 3.05) is 0 Å². The van der Waals surface area contributed by atoms with Crippen molar-refractivity contribution >= 4 is 17.7 Å². The largest absolute Gasteiger partial charge is 0.445 e. The van der Waals surface area contributed by atoms with Crippen LogP contribution in [0.2, 0.25) is 0 Å². The van der Waals surface area contributed by atoms with Gasteiger partial charge in [-0.2, -0.15) is 0 Å². The van der Waals surface area contributed by atoms with Gasteiger partial charge in [0.2, 0.25) is 5.91 Å². The Morgan fingerprint density at radius 1 is 1.20 bits per heavy atom. The summed E-state index contributed by atoms with van der Waals surface area (Å²) in [4.78, 5) is 31.0. The van der Waals surface area contributed by atoms with Crippen LogP contribution in [0.4, 0.5) is 4.79 Å². The highest BCUT2D eigenvalue weighted by molar-refractivity contribution is 5.88. The number of aromatic amines is 1. The molecule has 3 fully saturated rings. The zero-order valence-corrected chi connectivity index (χ0v) is 25.8. The van der Waals surface area contributed by atoms with Gasteiger partial charge in [-0.25, -0.2) is 9.78 Å². The minimum absolute atomic E-state index is 0.103. The third-order valence-electron chi connectivity index (χ3n) is 7.44. The van der Waals surface area contributed by atoms with E-state index < -0.39 is 6.09 Å². The van der Waals surface area contributed by atoms with Gasteiger partial charge in [0.25, 0.3) is 0 Å². The number of aryl methyl sites for hydroxylation is 1. The number of fused-ring (bicyclic) bond motifs is 2. The number of carbonyl (C=O) groups excluding carboxylic acids is 2. The van der Waals surface area contributed by atoms with E-state index in [2.05, 4.69) is 47.3 Å². The molecule has 4 N–H and O–H groups in total. The van der Waals surface area contributed by atoms with Gasteiger partial charge < -0.3 is 25.8 Å². The average molecular weight is 566 g/mol. The topological polar surface area (TPSA) is 120 Å². The molecule has 0 spiro atoms. The highest BCUT2D eigenvalue weighted by atomic mass is 16.5. The van der Waals surface area contributed by atoms with Gasteiger partial charge in [0, 0.05) is 17.7 Å². The standard InChI is InChI=1S/C20H29N3O2.C9H14N2O.C2H6.C2H2/c1-4-15(2)9-8-12-18(19-13-21-16(3)22-19)23-20(24)25-14-17-10-6-5-7-11-17;1-5(10)2-8-6-3-7(4-6)11-9(8)12;2*1-2/h5-7,10-11,13,15,18H,4,8-9,12,14H2,1-3H3,(H,21,22)(H,23,24);6-8,10H,2-4H2,1H3,(H,11,12);1-2H3;1-2H. The van der Waals surface area contributed by atoms with Crippen molar-refractivity contribution in [2.45, 2.75) is 105 Å². The summed E-state index contributed by atoms with van der Waals surface area (Å²) < 4.78 is 5.35. The number of rotatable bonds is 11. The molecular formula is C33H51N5O3. The van der Waals surface area contributed by atoms with Gasteiger partial charge in [0.15, 0.2) is 0 Å². The maximum Gasteiger partial charge on any atom is 0.408 e. The fraction of sp³-hybridized carbons (Fsp3) is 0.576. The number of H-pyrrole nitrogens is 1. The smallest absolute Gasteiger partial charge is 0.408 e. The Bertz CT molecular complexity index is 1060. The predicted molar refractivity (Wildman–Crippen MR) is 167 cm³/mol. The molecule has 2 aromatic rings. The molecule has 2 bridgehead atoms. The molecule has 3 unspecified atom stereocenters. The van der Waals surface area contributed by atoms with E-state index in [1.807, 2.05) is 51.1 Å². The second-order valence-electron chi connectivity index (χ2n) is 10.7. The van der Waals surface area contributed by atoms with Crippen LogP contribution in [0.3, 0.4) is 0 Å². The first-order valence-corrected chi connectivity index (χ1v) is 14.9. The number of imidazole rings is 1. The van der Waals surface area contributed by atoms with Crippen molar-refractivity contribution in [1.29, 1.82) is 5.41 Å². The molecule has 226 valence electrons. The van der Waals surface area contributed by atoms with E-state index in [0.29, 0.717) is 30.0 Å². The number of benzene rings is 1. The van der Waals surface area contributed by atoms with E-state index in [0.717, 1.165) is 49.2 Å². The van der Waals surface area contributed by atoms with Gasteiger partial charge in [-0.15, -0.1) is 12.8 Å². The molecule has 2 amide bonds. The summed E-state index contributed by atoms with van der Waals surface area (Å²) in [6.45, 7) is 12.4.